The number of esters is 2. The first-order chi connectivity index (χ1) is 14.5. The molecule has 0 radical (unpaired) electrons. The average Bonchev–Trinajstić information content (AvgIpc) is 2.73. The fourth-order valence-corrected chi connectivity index (χ4v) is 2.97. The van der Waals surface area contributed by atoms with Gasteiger partial charge in [0.2, 0.25) is 0 Å². The lowest BCUT2D eigenvalue weighted by molar-refractivity contribution is -0.156. The number of aliphatic hydroxyl groups is 2. The van der Waals surface area contributed by atoms with Crippen LogP contribution in [0.5, 0.6) is 0 Å². The molecular formula is C24H44O6. The predicted octanol–water partition coefficient (Wildman–Crippen LogP) is 4.85. The third-order valence-corrected chi connectivity index (χ3v) is 4.88. The summed E-state index contributed by atoms with van der Waals surface area (Å²) in [6.07, 6.45) is 17.4. The first-order valence-corrected chi connectivity index (χ1v) is 11.8. The first-order valence-electron chi connectivity index (χ1n) is 11.8. The summed E-state index contributed by atoms with van der Waals surface area (Å²) < 4.78 is 9.72. The van der Waals surface area contributed by atoms with Gasteiger partial charge in [0.15, 0.2) is 6.10 Å². The summed E-state index contributed by atoms with van der Waals surface area (Å²) in [7, 11) is 0. The van der Waals surface area contributed by atoms with Crippen LogP contribution >= 0.6 is 0 Å². The molecule has 0 bridgehead atoms. The first kappa shape index (κ1) is 28.6. The molecule has 176 valence electrons. The number of carbonyl (C=O) groups is 2. The fraction of sp³-hybridized carbons (Fsp3) is 0.833. The van der Waals surface area contributed by atoms with Crippen LogP contribution < -0.4 is 0 Å². The van der Waals surface area contributed by atoms with Gasteiger partial charge in [0.25, 0.3) is 0 Å². The van der Waals surface area contributed by atoms with E-state index in [4.69, 9.17) is 14.6 Å². The van der Waals surface area contributed by atoms with Crippen molar-refractivity contribution < 1.29 is 29.3 Å². The molecule has 0 aliphatic rings. The molecule has 0 aromatic heterocycles. The Morgan fingerprint density at radius 1 is 0.733 bits per heavy atom. The highest BCUT2D eigenvalue weighted by molar-refractivity contribution is 5.74. The zero-order valence-electron chi connectivity index (χ0n) is 19.2. The van der Waals surface area contributed by atoms with Crippen molar-refractivity contribution >= 4 is 11.9 Å². The van der Waals surface area contributed by atoms with E-state index in [-0.39, 0.29) is 13.2 Å². The van der Waals surface area contributed by atoms with Crippen molar-refractivity contribution in [1.82, 2.24) is 0 Å². The molecule has 0 aliphatic carbocycles. The van der Waals surface area contributed by atoms with Gasteiger partial charge in [-0.1, -0.05) is 70.4 Å². The summed E-state index contributed by atoms with van der Waals surface area (Å²) >= 11 is 0. The van der Waals surface area contributed by atoms with Gasteiger partial charge in [-0.2, -0.15) is 0 Å². The van der Waals surface area contributed by atoms with Gasteiger partial charge < -0.3 is 19.7 Å². The molecule has 30 heavy (non-hydrogen) atoms. The van der Waals surface area contributed by atoms with Crippen molar-refractivity contribution in [3.8, 4) is 0 Å². The highest BCUT2D eigenvalue weighted by atomic mass is 16.6. The number of hydrogen-bond donors (Lipinski definition) is 2. The van der Waals surface area contributed by atoms with Crippen LogP contribution in [0.15, 0.2) is 12.2 Å². The molecule has 6 heteroatoms. The van der Waals surface area contributed by atoms with Gasteiger partial charge in [-0.3, -0.25) is 0 Å². The molecule has 0 aromatic carbocycles. The van der Waals surface area contributed by atoms with E-state index in [2.05, 4.69) is 19.1 Å². The molecule has 0 aliphatic heterocycles. The lowest BCUT2D eigenvalue weighted by atomic mass is 10.1. The van der Waals surface area contributed by atoms with Crippen LogP contribution in [-0.2, 0) is 19.1 Å². The monoisotopic (exact) mass is 428 g/mol. The third-order valence-electron chi connectivity index (χ3n) is 4.88. The van der Waals surface area contributed by atoms with Crippen LogP contribution in [0.1, 0.15) is 104 Å². The summed E-state index contributed by atoms with van der Waals surface area (Å²) in [6, 6.07) is 0. The molecule has 6 nitrogen and oxygen atoms in total. The van der Waals surface area contributed by atoms with E-state index < -0.39 is 24.1 Å². The Labute approximate surface area is 183 Å². The quantitative estimate of drug-likeness (QED) is 0.164. The lowest BCUT2D eigenvalue weighted by Crippen LogP contribution is -2.24. The zero-order valence-corrected chi connectivity index (χ0v) is 19.2. The van der Waals surface area contributed by atoms with E-state index in [0.717, 1.165) is 32.1 Å². The molecule has 0 spiro atoms. The molecule has 0 saturated heterocycles. The Bertz CT molecular complexity index is 447. The van der Waals surface area contributed by atoms with Crippen LogP contribution in [-0.4, -0.2) is 47.6 Å². The number of allylic oxidation sites excluding steroid dienone is 2. The number of ether oxygens (including phenoxy) is 2. The van der Waals surface area contributed by atoms with Gasteiger partial charge in [0, 0.05) is 6.42 Å². The molecule has 0 amide bonds. The normalized spacial score (nSPS) is 13.3. The maximum Gasteiger partial charge on any atom is 0.334 e. The zero-order chi connectivity index (χ0) is 22.5. The van der Waals surface area contributed by atoms with Crippen molar-refractivity contribution in [2.24, 2.45) is 0 Å². The minimum absolute atomic E-state index is 0.0700. The molecule has 0 heterocycles. The van der Waals surface area contributed by atoms with Gasteiger partial charge >= 0.3 is 11.9 Å². The van der Waals surface area contributed by atoms with E-state index in [1.807, 2.05) is 0 Å². The number of aliphatic hydroxyl groups excluding tert-OH is 2. The molecule has 2 N–H and O–H groups in total. The van der Waals surface area contributed by atoms with Crippen molar-refractivity contribution in [1.29, 1.82) is 0 Å². The van der Waals surface area contributed by atoms with E-state index in [0.29, 0.717) is 12.8 Å². The largest absolute Gasteiger partial charge is 0.464 e. The summed E-state index contributed by atoms with van der Waals surface area (Å²) in [5.41, 5.74) is 0. The Kier molecular flexibility index (Phi) is 19.9. The van der Waals surface area contributed by atoms with E-state index in [9.17, 15) is 14.7 Å². The molecule has 2 atom stereocenters. The second kappa shape index (κ2) is 20.9. The number of hydrogen-bond acceptors (Lipinski definition) is 6. The maximum absolute atomic E-state index is 11.7. The molecule has 0 saturated carbocycles. The Hall–Kier alpha value is -1.40. The van der Waals surface area contributed by atoms with Gasteiger partial charge in [-0.25, -0.2) is 9.59 Å². The Morgan fingerprint density at radius 3 is 1.80 bits per heavy atom. The van der Waals surface area contributed by atoms with E-state index >= 15 is 0 Å². The molecule has 0 rings (SSSR count). The standard InChI is InChI=1S/C24H44O6/c1-3-4-5-6-7-8-9-10-11-12-13-14-15-16-18-22(26)24(28)30-20-17-19-29-23(27)21(2)25/h10-11,21-22,25-26H,3-9,12-20H2,1-2H3/b11-10-. The van der Waals surface area contributed by atoms with Crippen LogP contribution in [0.4, 0.5) is 0 Å². The highest BCUT2D eigenvalue weighted by Crippen LogP contribution is 2.10. The third kappa shape index (κ3) is 18.6. The second-order valence-corrected chi connectivity index (χ2v) is 7.90. The summed E-state index contributed by atoms with van der Waals surface area (Å²) in [5.74, 6) is -1.33. The molecule has 0 fully saturated rings. The van der Waals surface area contributed by atoms with E-state index in [1.165, 1.54) is 51.9 Å². The fourth-order valence-electron chi connectivity index (χ4n) is 2.97. The average molecular weight is 429 g/mol. The topological polar surface area (TPSA) is 93.1 Å². The minimum Gasteiger partial charge on any atom is -0.464 e. The second-order valence-electron chi connectivity index (χ2n) is 7.90. The van der Waals surface area contributed by atoms with Crippen molar-refractivity contribution in [3.63, 3.8) is 0 Å². The van der Waals surface area contributed by atoms with Crippen LogP contribution in [0.3, 0.4) is 0 Å². The molecular weight excluding hydrogens is 384 g/mol. The Morgan fingerprint density at radius 2 is 1.23 bits per heavy atom. The van der Waals surface area contributed by atoms with Gasteiger partial charge in [0.1, 0.15) is 6.10 Å². The predicted molar refractivity (Wildman–Crippen MR) is 119 cm³/mol. The smallest absolute Gasteiger partial charge is 0.334 e. The number of carbonyl (C=O) groups excluding carboxylic acids is 2. The lowest BCUT2D eigenvalue weighted by Gasteiger charge is -2.11. The summed E-state index contributed by atoms with van der Waals surface area (Å²) in [5, 5.41) is 18.8. The summed E-state index contributed by atoms with van der Waals surface area (Å²) in [4.78, 5) is 22.7. The summed E-state index contributed by atoms with van der Waals surface area (Å²) in [6.45, 7) is 3.72. The van der Waals surface area contributed by atoms with Crippen LogP contribution in [0.2, 0.25) is 0 Å². The Balaban J connectivity index is 3.45. The SMILES string of the molecule is CCCCCCCC/C=C\CCCCCCC(O)C(=O)OCCCOC(=O)C(C)O. The maximum atomic E-state index is 11.7. The van der Waals surface area contributed by atoms with Crippen LogP contribution in [0, 0.1) is 0 Å². The molecule has 0 aromatic rings. The van der Waals surface area contributed by atoms with Crippen molar-refractivity contribution in [2.75, 3.05) is 13.2 Å². The minimum atomic E-state index is -1.16. The molecule has 2 unspecified atom stereocenters. The van der Waals surface area contributed by atoms with Gasteiger partial charge in [-0.05, 0) is 39.0 Å². The van der Waals surface area contributed by atoms with Crippen molar-refractivity contribution in [2.45, 2.75) is 116 Å². The van der Waals surface area contributed by atoms with Crippen LogP contribution in [0.25, 0.3) is 0 Å². The van der Waals surface area contributed by atoms with E-state index in [1.54, 1.807) is 0 Å². The van der Waals surface area contributed by atoms with Crippen molar-refractivity contribution in [3.05, 3.63) is 12.2 Å². The van der Waals surface area contributed by atoms with Gasteiger partial charge in [0.05, 0.1) is 13.2 Å². The number of unbranched alkanes of at least 4 members (excludes halogenated alkanes) is 10. The highest BCUT2D eigenvalue weighted by Gasteiger charge is 2.16. The van der Waals surface area contributed by atoms with Gasteiger partial charge in [-0.15, -0.1) is 0 Å². The number of rotatable bonds is 20.